The van der Waals surface area contributed by atoms with Crippen molar-refractivity contribution in [3.05, 3.63) is 69.0 Å². The van der Waals surface area contributed by atoms with E-state index in [4.69, 9.17) is 0 Å². The van der Waals surface area contributed by atoms with Crippen LogP contribution in [0.4, 0.5) is 4.39 Å². The molecule has 0 unspecified atom stereocenters. The normalized spacial score (nSPS) is 16.1. The molecule has 126 valence electrons. The first kappa shape index (κ1) is 17.4. The summed E-state index contributed by atoms with van der Waals surface area (Å²) in [5.41, 5.74) is 1.70. The van der Waals surface area contributed by atoms with Crippen LogP contribution in [0.1, 0.15) is 28.8 Å². The Bertz CT molecular complexity index is 697. The maximum absolute atomic E-state index is 13.2. The fraction of sp³-hybridized carbons (Fsp3) is 0.316. The Morgan fingerprint density at radius 1 is 1.17 bits per heavy atom. The average molecular weight is 438 g/mol. The van der Waals surface area contributed by atoms with Gasteiger partial charge in [0, 0.05) is 34.8 Å². The van der Waals surface area contributed by atoms with Crippen LogP contribution in [-0.2, 0) is 6.54 Å². The van der Waals surface area contributed by atoms with E-state index >= 15 is 0 Å². The van der Waals surface area contributed by atoms with Crippen LogP contribution in [0.25, 0.3) is 0 Å². The number of carbonyl (C=O) groups excluding carboxylic acids is 1. The second-order valence-corrected chi connectivity index (χ2v) is 7.41. The van der Waals surface area contributed by atoms with E-state index in [0.717, 1.165) is 32.5 Å². The van der Waals surface area contributed by atoms with Crippen molar-refractivity contribution in [2.45, 2.75) is 25.4 Å². The number of carbonyl (C=O) groups is 1. The zero-order valence-corrected chi connectivity index (χ0v) is 15.5. The van der Waals surface area contributed by atoms with E-state index in [9.17, 15) is 9.18 Å². The first-order valence-electron chi connectivity index (χ1n) is 8.13. The van der Waals surface area contributed by atoms with Crippen molar-refractivity contribution in [2.75, 3.05) is 13.1 Å². The highest BCUT2D eigenvalue weighted by Crippen LogP contribution is 2.15. The Hall–Kier alpha value is -1.47. The summed E-state index contributed by atoms with van der Waals surface area (Å²) < 4.78 is 14.4. The minimum absolute atomic E-state index is 0.161. The molecule has 2 aromatic carbocycles. The Morgan fingerprint density at radius 3 is 2.54 bits per heavy atom. The van der Waals surface area contributed by atoms with E-state index in [1.807, 2.05) is 0 Å². The number of nitrogens with zero attached hydrogens (tertiary/aromatic N) is 1. The SMILES string of the molecule is O=C(NC1CCN(Cc2ccc(I)cc2)CC1)c1cccc(F)c1. The summed E-state index contributed by atoms with van der Waals surface area (Å²) in [5.74, 6) is -0.569. The monoisotopic (exact) mass is 438 g/mol. The molecule has 0 aliphatic carbocycles. The first-order valence-corrected chi connectivity index (χ1v) is 9.21. The predicted octanol–water partition coefficient (Wildman–Crippen LogP) is 3.82. The van der Waals surface area contributed by atoms with Crippen LogP contribution in [0.15, 0.2) is 48.5 Å². The van der Waals surface area contributed by atoms with Gasteiger partial charge in [0.05, 0.1) is 0 Å². The van der Waals surface area contributed by atoms with E-state index in [0.29, 0.717) is 5.56 Å². The molecule has 5 heteroatoms. The lowest BCUT2D eigenvalue weighted by molar-refractivity contribution is 0.0908. The summed E-state index contributed by atoms with van der Waals surface area (Å²) in [4.78, 5) is 14.6. The Balaban J connectivity index is 1.48. The topological polar surface area (TPSA) is 32.3 Å². The highest BCUT2D eigenvalue weighted by atomic mass is 127. The van der Waals surface area contributed by atoms with Crippen molar-refractivity contribution in [2.24, 2.45) is 0 Å². The van der Waals surface area contributed by atoms with Crippen molar-refractivity contribution in [3.8, 4) is 0 Å². The summed E-state index contributed by atoms with van der Waals surface area (Å²) in [5, 5.41) is 3.02. The van der Waals surface area contributed by atoms with Gasteiger partial charge >= 0.3 is 0 Å². The van der Waals surface area contributed by atoms with Gasteiger partial charge in [-0.1, -0.05) is 18.2 Å². The molecular weight excluding hydrogens is 418 g/mol. The van der Waals surface area contributed by atoms with E-state index in [1.165, 1.54) is 21.3 Å². The second-order valence-electron chi connectivity index (χ2n) is 6.16. The molecule has 3 nitrogen and oxygen atoms in total. The third-order valence-corrected chi connectivity index (χ3v) is 5.05. The molecule has 0 aromatic heterocycles. The molecule has 0 bridgehead atoms. The van der Waals surface area contributed by atoms with Crippen molar-refractivity contribution in [1.29, 1.82) is 0 Å². The number of amides is 1. The van der Waals surface area contributed by atoms with E-state index in [-0.39, 0.29) is 17.8 Å². The fourth-order valence-corrected chi connectivity index (χ4v) is 3.34. The molecule has 1 N–H and O–H groups in total. The smallest absolute Gasteiger partial charge is 0.251 e. The van der Waals surface area contributed by atoms with Crippen molar-refractivity contribution < 1.29 is 9.18 Å². The van der Waals surface area contributed by atoms with Crippen LogP contribution < -0.4 is 5.32 Å². The number of rotatable bonds is 4. The zero-order chi connectivity index (χ0) is 16.9. The molecule has 24 heavy (non-hydrogen) atoms. The number of hydrogen-bond donors (Lipinski definition) is 1. The molecule has 2 aromatic rings. The lowest BCUT2D eigenvalue weighted by atomic mass is 10.0. The lowest BCUT2D eigenvalue weighted by Gasteiger charge is -2.32. The molecular formula is C19H20FIN2O. The molecule has 3 rings (SSSR count). The summed E-state index contributed by atoms with van der Waals surface area (Å²) in [7, 11) is 0. The maximum atomic E-state index is 13.2. The minimum atomic E-state index is -0.380. The number of piperidine rings is 1. The number of nitrogens with one attached hydrogen (secondary N) is 1. The Labute approximate surface area is 155 Å². The van der Waals surface area contributed by atoms with Gasteiger partial charge in [-0.15, -0.1) is 0 Å². The van der Waals surface area contributed by atoms with E-state index in [2.05, 4.69) is 57.1 Å². The van der Waals surface area contributed by atoms with Crippen LogP contribution in [0, 0.1) is 9.39 Å². The Morgan fingerprint density at radius 2 is 1.88 bits per heavy atom. The number of hydrogen-bond acceptors (Lipinski definition) is 2. The predicted molar refractivity (Wildman–Crippen MR) is 101 cm³/mol. The van der Waals surface area contributed by atoms with Gasteiger partial charge in [-0.25, -0.2) is 4.39 Å². The fourth-order valence-electron chi connectivity index (χ4n) is 2.98. The van der Waals surface area contributed by atoms with Crippen LogP contribution in [-0.4, -0.2) is 29.9 Å². The van der Waals surface area contributed by atoms with Gasteiger partial charge in [0.25, 0.3) is 5.91 Å². The van der Waals surface area contributed by atoms with Gasteiger partial charge in [0.1, 0.15) is 5.82 Å². The molecule has 1 aliphatic heterocycles. The van der Waals surface area contributed by atoms with Crippen molar-refractivity contribution in [1.82, 2.24) is 10.2 Å². The molecule has 0 saturated carbocycles. The third kappa shape index (κ3) is 4.77. The minimum Gasteiger partial charge on any atom is -0.349 e. The average Bonchev–Trinajstić information content (AvgIpc) is 2.59. The van der Waals surface area contributed by atoms with E-state index < -0.39 is 0 Å². The van der Waals surface area contributed by atoms with Crippen LogP contribution >= 0.6 is 22.6 Å². The summed E-state index contributed by atoms with van der Waals surface area (Å²) in [6, 6.07) is 14.6. The molecule has 1 aliphatic rings. The second kappa shape index (κ2) is 8.07. The highest BCUT2D eigenvalue weighted by molar-refractivity contribution is 14.1. The van der Waals surface area contributed by atoms with Gasteiger partial charge in [0.15, 0.2) is 0 Å². The quantitative estimate of drug-likeness (QED) is 0.737. The van der Waals surface area contributed by atoms with Gasteiger partial charge < -0.3 is 5.32 Å². The summed E-state index contributed by atoms with van der Waals surface area (Å²) in [6.45, 7) is 2.86. The standard InChI is InChI=1S/C19H20FIN2O/c20-16-3-1-2-15(12-16)19(24)22-18-8-10-23(11-9-18)13-14-4-6-17(21)7-5-14/h1-7,12,18H,8-11,13H2,(H,22,24). The Kier molecular flexibility index (Phi) is 5.84. The first-order chi connectivity index (χ1) is 11.6. The van der Waals surface area contributed by atoms with Crippen molar-refractivity contribution >= 4 is 28.5 Å². The molecule has 1 heterocycles. The molecule has 0 radical (unpaired) electrons. The zero-order valence-electron chi connectivity index (χ0n) is 13.3. The van der Waals surface area contributed by atoms with Crippen LogP contribution in [0.3, 0.4) is 0 Å². The molecule has 1 saturated heterocycles. The largest absolute Gasteiger partial charge is 0.349 e. The third-order valence-electron chi connectivity index (χ3n) is 4.33. The van der Waals surface area contributed by atoms with Crippen molar-refractivity contribution in [3.63, 3.8) is 0 Å². The highest BCUT2D eigenvalue weighted by Gasteiger charge is 2.21. The number of likely N-dealkylation sites (tertiary alicyclic amines) is 1. The lowest BCUT2D eigenvalue weighted by Crippen LogP contribution is -2.44. The summed E-state index contributed by atoms with van der Waals surface area (Å²) in [6.07, 6.45) is 1.84. The van der Waals surface area contributed by atoms with Crippen LogP contribution in [0.5, 0.6) is 0 Å². The molecule has 0 spiro atoms. The number of halogens is 2. The van der Waals surface area contributed by atoms with Gasteiger partial charge in [-0.3, -0.25) is 9.69 Å². The number of benzene rings is 2. The maximum Gasteiger partial charge on any atom is 0.251 e. The van der Waals surface area contributed by atoms with Gasteiger partial charge in [-0.2, -0.15) is 0 Å². The van der Waals surface area contributed by atoms with Gasteiger partial charge in [-0.05, 0) is 71.3 Å². The molecule has 1 fully saturated rings. The molecule has 0 atom stereocenters. The van der Waals surface area contributed by atoms with E-state index in [1.54, 1.807) is 12.1 Å². The summed E-state index contributed by atoms with van der Waals surface area (Å²) >= 11 is 2.31. The molecule has 1 amide bonds. The van der Waals surface area contributed by atoms with Gasteiger partial charge in [0.2, 0.25) is 0 Å². The van der Waals surface area contributed by atoms with Crippen LogP contribution in [0.2, 0.25) is 0 Å².